The van der Waals surface area contributed by atoms with Crippen molar-refractivity contribution >= 4 is 34.3 Å². The molecule has 1 saturated carbocycles. The molecule has 0 unspecified atom stereocenters. The molecule has 0 spiro atoms. The summed E-state index contributed by atoms with van der Waals surface area (Å²) >= 11 is 1.58. The molecule has 1 aromatic carbocycles. The molecule has 1 aliphatic rings. The number of pyridine rings is 1. The molecular weight excluding hydrogens is 553 g/mol. The number of carboxylic acid groups (broad SMARTS) is 1. The van der Waals surface area contributed by atoms with Crippen LogP contribution in [-0.4, -0.2) is 41.6 Å². The van der Waals surface area contributed by atoms with Crippen molar-refractivity contribution in [3.05, 3.63) is 77.1 Å². The third kappa shape index (κ3) is 5.39. The van der Waals surface area contributed by atoms with Gasteiger partial charge in [-0.1, -0.05) is 24.6 Å². The fourth-order valence-corrected chi connectivity index (χ4v) is 5.71. The van der Waals surface area contributed by atoms with Crippen molar-refractivity contribution in [2.75, 3.05) is 5.32 Å². The molecule has 2 N–H and O–H groups in total. The van der Waals surface area contributed by atoms with Crippen LogP contribution in [0.3, 0.4) is 0 Å². The van der Waals surface area contributed by atoms with E-state index in [1.165, 1.54) is 12.1 Å². The van der Waals surface area contributed by atoms with Crippen molar-refractivity contribution in [1.29, 1.82) is 0 Å². The molecule has 1 atom stereocenters. The molecule has 0 amide bonds. The molecule has 5 aromatic rings. The molecule has 0 aliphatic heterocycles. The molecule has 8 nitrogen and oxygen atoms in total. The van der Waals surface area contributed by atoms with Crippen molar-refractivity contribution in [3.63, 3.8) is 0 Å². The normalized spacial score (nSPS) is 14.6. The lowest BCUT2D eigenvalue weighted by Gasteiger charge is -2.32. The summed E-state index contributed by atoms with van der Waals surface area (Å²) in [5.74, 6) is -0.556. The Hall–Kier alpha value is -4.32. The van der Waals surface area contributed by atoms with Crippen LogP contribution in [0.25, 0.3) is 33.1 Å². The van der Waals surface area contributed by atoms with E-state index in [0.29, 0.717) is 34.3 Å². The van der Waals surface area contributed by atoms with Crippen molar-refractivity contribution in [1.82, 2.24) is 24.5 Å². The first-order chi connectivity index (χ1) is 19.7. The number of nitrogens with zero attached hydrogens (tertiary/aromatic N) is 5. The molecule has 0 bridgehead atoms. The Balaban J connectivity index is 1.52. The van der Waals surface area contributed by atoms with Crippen molar-refractivity contribution in [2.24, 2.45) is 5.92 Å². The zero-order valence-electron chi connectivity index (χ0n) is 21.9. The molecule has 4 heterocycles. The van der Waals surface area contributed by atoms with Gasteiger partial charge >= 0.3 is 12.1 Å². The summed E-state index contributed by atoms with van der Waals surface area (Å²) in [4.78, 5) is 30.8. The van der Waals surface area contributed by atoms with Crippen LogP contribution in [0.5, 0.6) is 0 Å². The van der Waals surface area contributed by atoms with Gasteiger partial charge in [0, 0.05) is 23.7 Å². The molecule has 6 rings (SSSR count). The van der Waals surface area contributed by atoms with Gasteiger partial charge < -0.3 is 15.0 Å². The van der Waals surface area contributed by atoms with E-state index in [1.807, 2.05) is 36.6 Å². The number of aromatic carboxylic acids is 1. The number of anilines is 1. The largest absolute Gasteiger partial charge is 0.475 e. The van der Waals surface area contributed by atoms with E-state index in [9.17, 15) is 23.1 Å². The second kappa shape index (κ2) is 10.6. The highest BCUT2D eigenvalue weighted by Crippen LogP contribution is 2.35. The van der Waals surface area contributed by atoms with Crippen LogP contribution < -0.4 is 5.32 Å². The highest BCUT2D eigenvalue weighted by Gasteiger charge is 2.31. The highest BCUT2D eigenvalue weighted by atomic mass is 32.1. The van der Waals surface area contributed by atoms with Crippen molar-refractivity contribution in [3.8, 4) is 22.0 Å². The van der Waals surface area contributed by atoms with E-state index >= 15 is 0 Å². The number of carbonyl (C=O) groups is 1. The number of rotatable bonds is 8. The number of thiophene rings is 1. The van der Waals surface area contributed by atoms with Crippen LogP contribution in [0, 0.1) is 5.92 Å². The lowest BCUT2D eigenvalue weighted by atomic mass is 9.80. The van der Waals surface area contributed by atoms with E-state index in [2.05, 4.69) is 20.3 Å². The summed E-state index contributed by atoms with van der Waals surface area (Å²) in [7, 11) is 0. The summed E-state index contributed by atoms with van der Waals surface area (Å²) in [6.45, 7) is 2.17. The Labute approximate surface area is 237 Å². The standard InChI is InChI=1S/C29H25F3N6O2S/c1-16(18-4-2-5-18)34-24-23-25(36-26(35-24)28(39)40)37-27(21-14-19(11-12-33-21)22-6-3-13-41-22)38(23)15-17-7-9-20(10-8-17)29(30,31)32/h3,6-14,16,18H,2,4-5,15H2,1H3,(H,39,40)(H,34,35,36)/t16-/m1/s1. The topological polar surface area (TPSA) is 106 Å². The van der Waals surface area contributed by atoms with E-state index in [1.54, 1.807) is 22.1 Å². The van der Waals surface area contributed by atoms with Gasteiger partial charge in [0.15, 0.2) is 17.3 Å². The maximum Gasteiger partial charge on any atom is 0.416 e. The lowest BCUT2D eigenvalue weighted by molar-refractivity contribution is -0.137. The molecule has 41 heavy (non-hydrogen) atoms. The molecular formula is C29H25F3N6O2S. The first kappa shape index (κ1) is 26.9. The zero-order valence-corrected chi connectivity index (χ0v) is 22.7. The highest BCUT2D eigenvalue weighted by molar-refractivity contribution is 7.13. The fraction of sp³-hybridized carbons (Fsp3) is 0.276. The van der Waals surface area contributed by atoms with Gasteiger partial charge in [-0.15, -0.1) is 11.3 Å². The number of hydrogen-bond acceptors (Lipinski definition) is 7. The number of halogens is 3. The summed E-state index contributed by atoms with van der Waals surface area (Å²) in [6.07, 6.45) is 0.470. The summed E-state index contributed by atoms with van der Waals surface area (Å²) in [5.41, 5.74) is 1.90. The van der Waals surface area contributed by atoms with E-state index in [-0.39, 0.29) is 18.2 Å². The van der Waals surface area contributed by atoms with Gasteiger partial charge in [0.2, 0.25) is 5.82 Å². The van der Waals surface area contributed by atoms with Crippen LogP contribution in [0.15, 0.2) is 60.1 Å². The molecule has 1 fully saturated rings. The average Bonchev–Trinajstić information content (AvgIpc) is 3.56. The van der Waals surface area contributed by atoms with Crippen LogP contribution in [-0.2, 0) is 12.7 Å². The quantitative estimate of drug-likeness (QED) is 0.205. The fourth-order valence-electron chi connectivity index (χ4n) is 4.99. The maximum atomic E-state index is 13.2. The van der Waals surface area contributed by atoms with Crippen molar-refractivity contribution in [2.45, 2.75) is 44.9 Å². The number of alkyl halides is 3. The molecule has 210 valence electrons. The monoisotopic (exact) mass is 578 g/mol. The minimum atomic E-state index is -4.45. The van der Waals surface area contributed by atoms with Gasteiger partial charge in [-0.25, -0.2) is 19.7 Å². The van der Waals surface area contributed by atoms with E-state index in [4.69, 9.17) is 4.98 Å². The second-order valence-corrected chi connectivity index (χ2v) is 11.1. The van der Waals surface area contributed by atoms with Gasteiger partial charge in [0.1, 0.15) is 11.2 Å². The molecule has 0 saturated heterocycles. The average molecular weight is 579 g/mol. The lowest BCUT2D eigenvalue weighted by Crippen LogP contribution is -2.31. The minimum Gasteiger partial charge on any atom is -0.475 e. The zero-order chi connectivity index (χ0) is 28.7. The van der Waals surface area contributed by atoms with Crippen LogP contribution >= 0.6 is 11.3 Å². The first-order valence-corrected chi connectivity index (χ1v) is 14.0. The third-order valence-corrected chi connectivity index (χ3v) is 8.35. The number of fused-ring (bicyclic) bond motifs is 1. The number of imidazole rings is 1. The Morgan fingerprint density at radius 3 is 2.56 bits per heavy atom. The van der Waals surface area contributed by atoms with Gasteiger partial charge in [0.05, 0.1) is 5.56 Å². The smallest absolute Gasteiger partial charge is 0.416 e. The van der Waals surface area contributed by atoms with Crippen LogP contribution in [0.1, 0.15) is 47.9 Å². The third-order valence-electron chi connectivity index (χ3n) is 7.43. The molecule has 0 radical (unpaired) electrons. The second-order valence-electron chi connectivity index (χ2n) is 10.1. The molecule has 12 heteroatoms. The first-order valence-electron chi connectivity index (χ1n) is 13.1. The number of benzene rings is 1. The van der Waals surface area contributed by atoms with E-state index in [0.717, 1.165) is 41.8 Å². The number of nitrogens with one attached hydrogen (secondary N) is 1. The molecule has 1 aliphatic carbocycles. The maximum absolute atomic E-state index is 13.2. The predicted octanol–water partition coefficient (Wildman–Crippen LogP) is 6.98. The Morgan fingerprint density at radius 1 is 1.15 bits per heavy atom. The van der Waals surface area contributed by atoms with Gasteiger partial charge in [-0.05, 0) is 72.5 Å². The van der Waals surface area contributed by atoms with Gasteiger partial charge in [-0.3, -0.25) is 4.98 Å². The Kier molecular flexibility index (Phi) is 6.94. The van der Waals surface area contributed by atoms with Crippen molar-refractivity contribution < 1.29 is 23.1 Å². The van der Waals surface area contributed by atoms with Gasteiger partial charge in [-0.2, -0.15) is 13.2 Å². The van der Waals surface area contributed by atoms with Crippen LogP contribution in [0.4, 0.5) is 19.0 Å². The summed E-state index contributed by atoms with van der Waals surface area (Å²) in [5, 5.41) is 15.1. The number of carboxylic acids is 1. The molecule has 4 aromatic heterocycles. The Bertz CT molecular complexity index is 1710. The summed E-state index contributed by atoms with van der Waals surface area (Å²) in [6, 6.07) is 12.6. The predicted molar refractivity (Wildman–Crippen MR) is 150 cm³/mol. The SMILES string of the molecule is C[C@@H](Nc1nc(C(=O)O)nc2nc(-c3cc(-c4cccs4)ccn3)n(Cc3ccc(C(F)(F)F)cc3)c12)C1CCC1. The summed E-state index contributed by atoms with van der Waals surface area (Å²) < 4.78 is 41.5. The van der Waals surface area contributed by atoms with Crippen LogP contribution in [0.2, 0.25) is 0 Å². The van der Waals surface area contributed by atoms with Gasteiger partial charge in [0.25, 0.3) is 0 Å². The Morgan fingerprint density at radius 2 is 1.93 bits per heavy atom. The van der Waals surface area contributed by atoms with E-state index < -0.39 is 23.5 Å². The number of aromatic nitrogens is 5. The minimum absolute atomic E-state index is 0.0154. The number of hydrogen-bond donors (Lipinski definition) is 2.